The Kier molecular flexibility index (Phi) is 6.49. The van der Waals surface area contributed by atoms with Crippen LogP contribution in [-0.2, 0) is 0 Å². The number of para-hydroxylation sites is 1. The smallest absolute Gasteiger partial charge is 0.321 e. The largest absolute Gasteiger partial charge is 0.496 e. The molecule has 1 fully saturated rings. The number of anilines is 1. The van der Waals surface area contributed by atoms with Gasteiger partial charge in [0, 0.05) is 49.9 Å². The fourth-order valence-corrected chi connectivity index (χ4v) is 4.49. The van der Waals surface area contributed by atoms with Gasteiger partial charge in [-0.1, -0.05) is 18.2 Å². The molecule has 0 spiro atoms. The van der Waals surface area contributed by atoms with E-state index in [1.165, 1.54) is 4.90 Å². The van der Waals surface area contributed by atoms with Gasteiger partial charge in [-0.25, -0.2) is 9.78 Å². The maximum atomic E-state index is 13.1. The van der Waals surface area contributed by atoms with Crippen LogP contribution in [0, 0.1) is 0 Å². The third-order valence-electron chi connectivity index (χ3n) is 6.47. The lowest BCUT2D eigenvalue weighted by Gasteiger charge is -2.20. The van der Waals surface area contributed by atoms with Crippen LogP contribution in [0.4, 0.5) is 10.5 Å². The second-order valence-electron chi connectivity index (χ2n) is 9.17. The van der Waals surface area contributed by atoms with Gasteiger partial charge in [-0.15, -0.1) is 0 Å². The number of ether oxygens (including phenoxy) is 1. The second kappa shape index (κ2) is 9.90. The number of aromatic amines is 1. The number of nitrogens with zero attached hydrogens (tertiary/aromatic N) is 4. The van der Waals surface area contributed by atoms with Gasteiger partial charge < -0.3 is 25.0 Å². The molecule has 3 heterocycles. The Bertz CT molecular complexity index is 1480. The number of carbonyl (C=O) groups excluding carboxylic acids is 2. The molecular formula is C27H28N6O4. The van der Waals surface area contributed by atoms with Crippen molar-refractivity contribution < 1.29 is 19.4 Å². The lowest BCUT2D eigenvalue weighted by molar-refractivity contribution is 0.0828. The number of carbonyl (C=O) groups is 2. The minimum atomic E-state index is -0.526. The maximum absolute atomic E-state index is 13.1. The summed E-state index contributed by atoms with van der Waals surface area (Å²) in [7, 11) is 4.95. The Morgan fingerprint density at radius 2 is 1.97 bits per heavy atom. The van der Waals surface area contributed by atoms with Crippen LogP contribution in [0.25, 0.3) is 33.4 Å². The van der Waals surface area contributed by atoms with Crippen molar-refractivity contribution in [3.8, 4) is 28.1 Å². The van der Waals surface area contributed by atoms with Crippen LogP contribution in [0.15, 0.2) is 54.7 Å². The third kappa shape index (κ3) is 4.70. The number of urea groups is 1. The summed E-state index contributed by atoms with van der Waals surface area (Å²) >= 11 is 0. The van der Waals surface area contributed by atoms with Crippen molar-refractivity contribution in [1.82, 2.24) is 25.0 Å². The minimum Gasteiger partial charge on any atom is -0.496 e. The lowest BCUT2D eigenvalue weighted by atomic mass is 10.0. The number of rotatable bonds is 5. The number of pyridine rings is 1. The van der Waals surface area contributed by atoms with Gasteiger partial charge in [0.15, 0.2) is 5.65 Å². The Morgan fingerprint density at radius 3 is 2.70 bits per heavy atom. The van der Waals surface area contributed by atoms with Crippen molar-refractivity contribution in [2.24, 2.45) is 0 Å². The van der Waals surface area contributed by atoms with Gasteiger partial charge in [0.05, 0.1) is 30.2 Å². The normalized spacial score (nSPS) is 15.1. The zero-order valence-electron chi connectivity index (χ0n) is 20.9. The SMILES string of the molecule is COc1ccccc1-c1[nH]nc2ncc(-c3ccc(NC(=O)N4CCC(O)C4)c(C(=O)N(C)C)c3)cc12. The van der Waals surface area contributed by atoms with Gasteiger partial charge in [0.25, 0.3) is 5.91 Å². The molecule has 190 valence electrons. The molecule has 4 aromatic rings. The highest BCUT2D eigenvalue weighted by Gasteiger charge is 2.26. The number of β-amino-alcohol motifs (C(OH)–C–C–N with tert-alkyl or cyclic N) is 1. The first-order valence-electron chi connectivity index (χ1n) is 11.9. The number of likely N-dealkylation sites (tertiary alicyclic amines) is 1. The number of nitrogens with one attached hydrogen (secondary N) is 2. The Morgan fingerprint density at radius 1 is 1.16 bits per heavy atom. The molecule has 1 aliphatic heterocycles. The second-order valence-corrected chi connectivity index (χ2v) is 9.17. The van der Waals surface area contributed by atoms with Crippen LogP contribution in [0.3, 0.4) is 0 Å². The Labute approximate surface area is 213 Å². The zero-order chi connectivity index (χ0) is 26.1. The highest BCUT2D eigenvalue weighted by atomic mass is 16.5. The first-order valence-corrected chi connectivity index (χ1v) is 11.9. The van der Waals surface area contributed by atoms with Gasteiger partial charge in [0.1, 0.15) is 5.75 Å². The van der Waals surface area contributed by atoms with Crippen LogP contribution >= 0.6 is 0 Å². The van der Waals surface area contributed by atoms with E-state index in [0.29, 0.717) is 35.6 Å². The zero-order valence-corrected chi connectivity index (χ0v) is 20.9. The minimum absolute atomic E-state index is 0.245. The molecule has 0 bridgehead atoms. The van der Waals surface area contributed by atoms with Crippen molar-refractivity contribution in [2.45, 2.75) is 12.5 Å². The summed E-state index contributed by atoms with van der Waals surface area (Å²) in [6.45, 7) is 0.735. The summed E-state index contributed by atoms with van der Waals surface area (Å²) in [5.41, 5.74) is 4.52. The van der Waals surface area contributed by atoms with E-state index in [0.717, 1.165) is 27.8 Å². The first kappa shape index (κ1) is 24.3. The number of aromatic nitrogens is 3. The molecule has 1 unspecified atom stereocenters. The highest BCUT2D eigenvalue weighted by Crippen LogP contribution is 2.35. The molecule has 0 saturated carbocycles. The molecule has 1 atom stereocenters. The molecule has 1 aliphatic rings. The van der Waals surface area contributed by atoms with E-state index in [1.54, 1.807) is 44.4 Å². The molecule has 5 rings (SSSR count). The van der Waals surface area contributed by atoms with E-state index >= 15 is 0 Å². The molecule has 0 aliphatic carbocycles. The summed E-state index contributed by atoms with van der Waals surface area (Å²) in [6, 6.07) is 14.6. The van der Waals surface area contributed by atoms with Crippen molar-refractivity contribution in [3.63, 3.8) is 0 Å². The molecule has 1 saturated heterocycles. The molecule has 0 radical (unpaired) electrons. The number of aliphatic hydroxyl groups is 1. The number of aliphatic hydroxyl groups excluding tert-OH is 1. The van der Waals surface area contributed by atoms with Crippen molar-refractivity contribution >= 4 is 28.7 Å². The van der Waals surface area contributed by atoms with Gasteiger partial charge >= 0.3 is 6.03 Å². The Balaban J connectivity index is 1.53. The topological polar surface area (TPSA) is 124 Å². The monoisotopic (exact) mass is 500 g/mol. The van der Waals surface area contributed by atoms with E-state index < -0.39 is 6.10 Å². The van der Waals surface area contributed by atoms with E-state index in [-0.39, 0.29) is 18.5 Å². The molecule has 37 heavy (non-hydrogen) atoms. The highest BCUT2D eigenvalue weighted by molar-refractivity contribution is 6.04. The van der Waals surface area contributed by atoms with Gasteiger partial charge in [-0.2, -0.15) is 5.10 Å². The average Bonchev–Trinajstić information content (AvgIpc) is 3.54. The molecule has 3 N–H and O–H groups in total. The predicted molar refractivity (Wildman–Crippen MR) is 141 cm³/mol. The molecule has 3 amide bonds. The predicted octanol–water partition coefficient (Wildman–Crippen LogP) is 3.60. The van der Waals surface area contributed by atoms with E-state index in [1.807, 2.05) is 36.4 Å². The molecule has 2 aromatic heterocycles. The molecule has 2 aromatic carbocycles. The van der Waals surface area contributed by atoms with Crippen molar-refractivity contribution in [1.29, 1.82) is 0 Å². The molecule has 10 heteroatoms. The summed E-state index contributed by atoms with van der Waals surface area (Å²) in [5.74, 6) is 0.466. The van der Waals surface area contributed by atoms with Gasteiger partial charge in [-0.3, -0.25) is 9.89 Å². The standard InChI is InChI=1S/C27H28N6O4/c1-32(2)26(35)20-12-16(8-9-22(20)29-27(36)33-11-10-18(34)15-33)17-13-21-24(30-31-25(21)28-14-17)19-6-4-5-7-23(19)37-3/h4-9,12-14,18,34H,10-11,15H2,1-3H3,(H,29,36)(H,28,30,31). The van der Waals surface area contributed by atoms with Crippen LogP contribution in [0.1, 0.15) is 16.8 Å². The number of hydrogen-bond donors (Lipinski definition) is 3. The quantitative estimate of drug-likeness (QED) is 0.385. The molecule has 10 nitrogen and oxygen atoms in total. The number of amides is 3. The van der Waals surface area contributed by atoms with Crippen LogP contribution in [0.5, 0.6) is 5.75 Å². The fourth-order valence-electron chi connectivity index (χ4n) is 4.49. The summed E-state index contributed by atoms with van der Waals surface area (Å²) in [6.07, 6.45) is 1.72. The summed E-state index contributed by atoms with van der Waals surface area (Å²) < 4.78 is 5.52. The van der Waals surface area contributed by atoms with Crippen molar-refractivity contribution in [2.75, 3.05) is 39.6 Å². The summed E-state index contributed by atoms with van der Waals surface area (Å²) in [4.78, 5) is 33.3. The fraction of sp³-hybridized carbons (Fsp3) is 0.259. The van der Waals surface area contributed by atoms with Crippen molar-refractivity contribution in [3.05, 3.63) is 60.3 Å². The third-order valence-corrected chi connectivity index (χ3v) is 6.47. The van der Waals surface area contributed by atoms with Crippen LogP contribution in [0.2, 0.25) is 0 Å². The van der Waals surface area contributed by atoms with Gasteiger partial charge in [-0.05, 0) is 42.3 Å². The van der Waals surface area contributed by atoms with Gasteiger partial charge in [0.2, 0.25) is 0 Å². The molecular weight excluding hydrogens is 472 g/mol. The first-order chi connectivity index (χ1) is 17.9. The van der Waals surface area contributed by atoms with Crippen LogP contribution in [-0.4, -0.2) is 82.4 Å². The maximum Gasteiger partial charge on any atom is 0.321 e. The number of fused-ring (bicyclic) bond motifs is 1. The lowest BCUT2D eigenvalue weighted by Crippen LogP contribution is -2.34. The van der Waals surface area contributed by atoms with E-state index in [9.17, 15) is 14.7 Å². The average molecular weight is 501 g/mol. The number of hydrogen-bond acceptors (Lipinski definition) is 6. The summed E-state index contributed by atoms with van der Waals surface area (Å²) in [5, 5.41) is 20.8. The van der Waals surface area contributed by atoms with E-state index in [4.69, 9.17) is 4.74 Å². The number of methoxy groups -OCH3 is 1. The number of benzene rings is 2. The van der Waals surface area contributed by atoms with Crippen LogP contribution < -0.4 is 10.1 Å². The number of H-pyrrole nitrogens is 1. The Hall–Kier alpha value is -4.44. The van der Waals surface area contributed by atoms with E-state index in [2.05, 4.69) is 20.5 Å².